The number of carbonyl (C=O) groups is 3. The molecule has 44 heavy (non-hydrogen) atoms. The van der Waals surface area contributed by atoms with Crippen LogP contribution in [0.15, 0.2) is 35.0 Å². The number of hydrogen-bond acceptors (Lipinski definition) is 11. The van der Waals surface area contributed by atoms with Crippen LogP contribution >= 0.6 is 0 Å². The molecule has 1 saturated carbocycles. The first-order valence-corrected chi connectivity index (χ1v) is 14.1. The highest BCUT2D eigenvalue weighted by Gasteiger charge is 2.31. The van der Waals surface area contributed by atoms with E-state index in [2.05, 4.69) is 36.0 Å². The van der Waals surface area contributed by atoms with E-state index in [9.17, 15) is 19.5 Å². The number of nitrogens with one attached hydrogen (secondary N) is 3. The fourth-order valence-electron chi connectivity index (χ4n) is 4.90. The molecule has 2 aromatic heterocycles. The third kappa shape index (κ3) is 7.19. The van der Waals surface area contributed by atoms with Gasteiger partial charge in [-0.15, -0.1) is 0 Å². The minimum Gasteiger partial charge on any atom is -0.494 e. The Morgan fingerprint density at radius 2 is 1.89 bits per heavy atom. The SMILES string of the molecule is [B]C([B])(O)NC(=O)c1cnc(NC(=O)C2CC2)cc1Nc1cccc(-c2nc(C(C)N3CCN(C(C)=O)CC3)no2)c1OC. The number of para-hydroxylation sites is 1. The van der Waals surface area contributed by atoms with Crippen molar-refractivity contribution in [3.05, 3.63) is 41.9 Å². The van der Waals surface area contributed by atoms with E-state index in [4.69, 9.17) is 25.0 Å². The number of amides is 3. The van der Waals surface area contributed by atoms with Crippen molar-refractivity contribution in [2.24, 2.45) is 5.92 Å². The molecular weight excluding hydrogens is 566 g/mol. The molecule has 4 radical (unpaired) electrons. The quantitative estimate of drug-likeness (QED) is 0.195. The van der Waals surface area contributed by atoms with Crippen LogP contribution in [0.1, 0.15) is 48.9 Å². The summed E-state index contributed by atoms with van der Waals surface area (Å²) in [6.45, 7) is 6.17. The molecule has 4 N–H and O–H groups in total. The minimum absolute atomic E-state index is 0.0185. The van der Waals surface area contributed by atoms with E-state index in [0.29, 0.717) is 49.0 Å². The van der Waals surface area contributed by atoms with Gasteiger partial charge in [0.05, 0.1) is 35.7 Å². The number of aliphatic hydroxyl groups is 1. The first-order valence-electron chi connectivity index (χ1n) is 14.1. The van der Waals surface area contributed by atoms with Crippen LogP contribution in [-0.2, 0) is 9.59 Å². The van der Waals surface area contributed by atoms with E-state index in [-0.39, 0.29) is 46.7 Å². The lowest BCUT2D eigenvalue weighted by molar-refractivity contribution is -0.130. The van der Waals surface area contributed by atoms with Gasteiger partial charge in [0.25, 0.3) is 11.8 Å². The van der Waals surface area contributed by atoms with Gasteiger partial charge in [0.2, 0.25) is 11.8 Å². The monoisotopic (exact) mass is 598 g/mol. The van der Waals surface area contributed by atoms with Crippen LogP contribution in [0.3, 0.4) is 0 Å². The van der Waals surface area contributed by atoms with Gasteiger partial charge in [-0.05, 0) is 31.9 Å². The van der Waals surface area contributed by atoms with Crippen molar-refractivity contribution in [1.29, 1.82) is 0 Å². The maximum absolute atomic E-state index is 12.9. The predicted octanol–water partition coefficient (Wildman–Crippen LogP) is 1.13. The zero-order valence-electron chi connectivity index (χ0n) is 24.7. The molecule has 14 nitrogen and oxygen atoms in total. The first kappa shape index (κ1) is 31.0. The number of aromatic nitrogens is 3. The summed E-state index contributed by atoms with van der Waals surface area (Å²) in [7, 11) is 12.2. The standard InChI is InChI=1S/C28H32B2N8O6/c1-15(37-9-11-38(12-10-37)16(2)39)24-34-27(44-36-24)18-5-4-6-20(23(18)43-3)32-21-13-22(33-25(40)17-7-8-17)31-14-19(21)26(41)35-28(29,30)42/h4-6,13-15,17,42H,7-12H2,1-3H3,(H,35,41)(H2,31,32,33,40). The number of rotatable bonds is 10. The van der Waals surface area contributed by atoms with Crippen LogP contribution in [-0.4, -0.2) is 102 Å². The fourth-order valence-corrected chi connectivity index (χ4v) is 4.90. The van der Waals surface area contributed by atoms with Gasteiger partial charge in [-0.3, -0.25) is 19.3 Å². The topological polar surface area (TPSA) is 175 Å². The van der Waals surface area contributed by atoms with Crippen molar-refractivity contribution in [2.45, 2.75) is 38.3 Å². The second-order valence-corrected chi connectivity index (χ2v) is 10.8. The lowest BCUT2D eigenvalue weighted by Gasteiger charge is -2.36. The average molecular weight is 598 g/mol. The molecule has 0 bridgehead atoms. The number of benzene rings is 1. The Labute approximate surface area is 256 Å². The van der Waals surface area contributed by atoms with Gasteiger partial charge in [-0.25, -0.2) is 4.98 Å². The van der Waals surface area contributed by atoms with Crippen molar-refractivity contribution < 1.29 is 28.8 Å². The summed E-state index contributed by atoms with van der Waals surface area (Å²) in [5.41, 5.74) is -1.36. The maximum Gasteiger partial charge on any atom is 0.261 e. The summed E-state index contributed by atoms with van der Waals surface area (Å²) >= 11 is 0. The van der Waals surface area contributed by atoms with E-state index in [1.807, 2.05) is 11.8 Å². The molecule has 0 spiro atoms. The van der Waals surface area contributed by atoms with Crippen molar-refractivity contribution in [3.8, 4) is 17.2 Å². The molecule has 226 valence electrons. The van der Waals surface area contributed by atoms with Crippen molar-refractivity contribution >= 4 is 50.6 Å². The van der Waals surface area contributed by atoms with Gasteiger partial charge >= 0.3 is 0 Å². The Balaban J connectivity index is 1.41. The molecule has 16 heteroatoms. The summed E-state index contributed by atoms with van der Waals surface area (Å²) in [6, 6.07) is 6.53. The lowest BCUT2D eigenvalue weighted by Crippen LogP contribution is -2.49. The highest BCUT2D eigenvalue weighted by molar-refractivity contribution is 6.39. The normalized spacial score (nSPS) is 16.2. The van der Waals surface area contributed by atoms with E-state index >= 15 is 0 Å². The van der Waals surface area contributed by atoms with E-state index in [1.54, 1.807) is 25.1 Å². The maximum atomic E-state index is 12.9. The highest BCUT2D eigenvalue weighted by Crippen LogP contribution is 2.39. The Morgan fingerprint density at radius 1 is 1.16 bits per heavy atom. The van der Waals surface area contributed by atoms with Crippen molar-refractivity contribution in [2.75, 3.05) is 43.9 Å². The van der Waals surface area contributed by atoms with Crippen LogP contribution in [0, 0.1) is 5.92 Å². The van der Waals surface area contributed by atoms with E-state index in [1.165, 1.54) is 19.4 Å². The molecule has 5 rings (SSSR count). The van der Waals surface area contributed by atoms with Crippen molar-refractivity contribution in [1.82, 2.24) is 30.2 Å². The average Bonchev–Trinajstić information content (AvgIpc) is 3.72. The summed E-state index contributed by atoms with van der Waals surface area (Å²) in [5.74, 6) is 0.261. The number of piperazine rings is 1. The Morgan fingerprint density at radius 3 is 2.52 bits per heavy atom. The van der Waals surface area contributed by atoms with Crippen LogP contribution in [0.4, 0.5) is 17.2 Å². The highest BCUT2D eigenvalue weighted by atomic mass is 16.5. The third-order valence-electron chi connectivity index (χ3n) is 7.50. The van der Waals surface area contributed by atoms with Crippen LogP contribution in [0.2, 0.25) is 0 Å². The molecule has 3 amide bonds. The molecule has 1 unspecified atom stereocenters. The number of carbonyl (C=O) groups excluding carboxylic acids is 3. The molecular formula is C28H32B2N8O6. The molecule has 1 aliphatic carbocycles. The molecule has 2 fully saturated rings. The van der Waals surface area contributed by atoms with Crippen LogP contribution < -0.4 is 20.7 Å². The zero-order valence-corrected chi connectivity index (χ0v) is 24.7. The molecule has 1 aromatic carbocycles. The number of anilines is 3. The number of pyridine rings is 1. The summed E-state index contributed by atoms with van der Waals surface area (Å²) in [4.78, 5) is 49.8. The largest absolute Gasteiger partial charge is 0.494 e. The number of ether oxygens (including phenoxy) is 1. The predicted molar refractivity (Wildman–Crippen MR) is 161 cm³/mol. The summed E-state index contributed by atoms with van der Waals surface area (Å²) < 4.78 is 11.4. The zero-order chi connectivity index (χ0) is 31.6. The Hall–Kier alpha value is -4.43. The number of hydrogen-bond donors (Lipinski definition) is 4. The molecule has 1 aliphatic heterocycles. The van der Waals surface area contributed by atoms with Crippen LogP contribution in [0.5, 0.6) is 5.75 Å². The van der Waals surface area contributed by atoms with Gasteiger partial charge in [-0.2, -0.15) is 4.98 Å². The lowest BCUT2D eigenvalue weighted by atomic mass is 9.73. The Bertz CT molecular complexity index is 1550. The van der Waals surface area contributed by atoms with Gasteiger partial charge in [0.1, 0.15) is 21.5 Å². The molecule has 1 saturated heterocycles. The van der Waals surface area contributed by atoms with E-state index in [0.717, 1.165) is 12.8 Å². The molecule has 2 aliphatic rings. The van der Waals surface area contributed by atoms with Gasteiger partial charge < -0.3 is 35.2 Å². The minimum atomic E-state index is -2.47. The van der Waals surface area contributed by atoms with Gasteiger partial charge in [0, 0.05) is 56.8 Å². The Kier molecular flexibility index (Phi) is 8.92. The van der Waals surface area contributed by atoms with Gasteiger partial charge in [0.15, 0.2) is 11.6 Å². The van der Waals surface area contributed by atoms with Crippen molar-refractivity contribution in [3.63, 3.8) is 0 Å². The number of methoxy groups -OCH3 is 1. The van der Waals surface area contributed by atoms with Gasteiger partial charge in [-0.1, -0.05) is 11.2 Å². The fraction of sp³-hybridized carbons (Fsp3) is 0.429. The smallest absolute Gasteiger partial charge is 0.261 e. The number of nitrogens with zero attached hydrogens (tertiary/aromatic N) is 5. The van der Waals surface area contributed by atoms with Crippen LogP contribution in [0.25, 0.3) is 11.5 Å². The molecule has 3 heterocycles. The second-order valence-electron chi connectivity index (χ2n) is 10.8. The molecule has 1 atom stereocenters. The second kappa shape index (κ2) is 12.7. The third-order valence-corrected chi connectivity index (χ3v) is 7.50. The summed E-state index contributed by atoms with van der Waals surface area (Å²) in [5, 5.41) is 21.9. The molecule has 3 aromatic rings. The summed E-state index contributed by atoms with van der Waals surface area (Å²) in [6.07, 6.45) is 2.84. The van der Waals surface area contributed by atoms with E-state index < -0.39 is 11.4 Å². The first-order chi connectivity index (χ1) is 20.9.